The van der Waals surface area contributed by atoms with Gasteiger partial charge in [-0.15, -0.1) is 0 Å². The summed E-state index contributed by atoms with van der Waals surface area (Å²) in [6.07, 6.45) is 3.47. The van der Waals surface area contributed by atoms with Crippen molar-refractivity contribution >= 4 is 28.0 Å². The predicted octanol–water partition coefficient (Wildman–Crippen LogP) is 6.18. The van der Waals surface area contributed by atoms with Gasteiger partial charge in [0, 0.05) is 18.3 Å². The summed E-state index contributed by atoms with van der Waals surface area (Å²) in [4.78, 5) is 26.1. The minimum atomic E-state index is -0.290. The number of aromatic amines is 2. The molecule has 0 saturated carbocycles. The molecular weight excluding hydrogens is 412 g/mol. The van der Waals surface area contributed by atoms with Crippen LogP contribution in [0.1, 0.15) is 30.3 Å². The smallest absolute Gasteiger partial charge is 0.410 e. The number of benzene rings is 3. The number of nitrogens with zero attached hydrogens (tertiary/aromatic N) is 2. The molecule has 2 aromatic heterocycles. The van der Waals surface area contributed by atoms with Gasteiger partial charge in [0.1, 0.15) is 12.4 Å². The molecule has 6 heteroatoms. The molecule has 3 aromatic carbocycles. The first kappa shape index (κ1) is 19.6. The van der Waals surface area contributed by atoms with Gasteiger partial charge in [-0.05, 0) is 65.3 Å². The Morgan fingerprint density at radius 1 is 1.00 bits per heavy atom. The summed E-state index contributed by atoms with van der Waals surface area (Å²) in [5, 5.41) is 1.19. The van der Waals surface area contributed by atoms with Crippen molar-refractivity contribution in [2.24, 2.45) is 0 Å². The van der Waals surface area contributed by atoms with Gasteiger partial charge >= 0.3 is 6.09 Å². The van der Waals surface area contributed by atoms with E-state index in [4.69, 9.17) is 9.72 Å². The minimum Gasteiger partial charge on any atom is -0.445 e. The van der Waals surface area contributed by atoms with Crippen LogP contribution in [-0.4, -0.2) is 32.5 Å². The van der Waals surface area contributed by atoms with Crippen LogP contribution < -0.4 is 0 Å². The molecule has 1 aliphatic rings. The molecule has 1 aliphatic heterocycles. The summed E-state index contributed by atoms with van der Waals surface area (Å²) in [6.45, 7) is 0.954. The summed E-state index contributed by atoms with van der Waals surface area (Å²) in [7, 11) is 0. The van der Waals surface area contributed by atoms with Crippen LogP contribution in [0.2, 0.25) is 0 Å². The van der Waals surface area contributed by atoms with Gasteiger partial charge in [0.25, 0.3) is 0 Å². The number of amides is 1. The highest BCUT2D eigenvalue weighted by Crippen LogP contribution is 2.33. The first-order chi connectivity index (χ1) is 16.2. The Bertz CT molecular complexity index is 1440. The Kier molecular flexibility index (Phi) is 4.83. The lowest BCUT2D eigenvalue weighted by Crippen LogP contribution is -2.31. The Morgan fingerprint density at radius 3 is 2.76 bits per heavy atom. The van der Waals surface area contributed by atoms with Gasteiger partial charge in [-0.25, -0.2) is 9.78 Å². The number of rotatable bonds is 4. The van der Waals surface area contributed by atoms with E-state index in [1.807, 2.05) is 42.6 Å². The zero-order chi connectivity index (χ0) is 22.2. The average molecular weight is 437 g/mol. The van der Waals surface area contributed by atoms with Crippen LogP contribution in [0.5, 0.6) is 0 Å². The van der Waals surface area contributed by atoms with Crippen LogP contribution in [-0.2, 0) is 11.3 Å². The van der Waals surface area contributed by atoms with E-state index in [0.29, 0.717) is 6.54 Å². The maximum Gasteiger partial charge on any atom is 0.410 e. The minimum absolute atomic E-state index is 0.0969. The van der Waals surface area contributed by atoms with E-state index in [2.05, 4.69) is 46.4 Å². The molecule has 0 bridgehead atoms. The fraction of sp³-hybridized carbons (Fsp3) is 0.185. The first-order valence-corrected chi connectivity index (χ1v) is 11.3. The van der Waals surface area contributed by atoms with Crippen LogP contribution in [0, 0.1) is 0 Å². The average Bonchev–Trinajstić information content (AvgIpc) is 3.61. The van der Waals surface area contributed by atoms with Gasteiger partial charge in [0.2, 0.25) is 0 Å². The van der Waals surface area contributed by atoms with Crippen molar-refractivity contribution < 1.29 is 9.53 Å². The molecular formula is C27H24N4O2. The summed E-state index contributed by atoms with van der Waals surface area (Å²) < 4.78 is 5.59. The van der Waals surface area contributed by atoms with Crippen LogP contribution in [0.3, 0.4) is 0 Å². The molecule has 1 amide bonds. The Balaban J connectivity index is 1.23. The number of carbonyl (C=O) groups is 1. The molecule has 2 N–H and O–H groups in total. The van der Waals surface area contributed by atoms with Crippen LogP contribution >= 0.6 is 0 Å². The number of likely N-dealkylation sites (tertiary alicyclic amines) is 1. The second-order valence-electron chi connectivity index (χ2n) is 8.53. The molecule has 1 atom stereocenters. The highest BCUT2D eigenvalue weighted by Gasteiger charge is 2.33. The quantitative estimate of drug-likeness (QED) is 0.353. The number of fused-ring (bicyclic) bond motifs is 2. The second kappa shape index (κ2) is 8.13. The number of nitrogens with one attached hydrogen (secondary N) is 2. The van der Waals surface area contributed by atoms with E-state index in [-0.39, 0.29) is 18.7 Å². The normalized spacial score (nSPS) is 16.0. The first-order valence-electron chi connectivity index (χ1n) is 11.3. The molecule has 6 nitrogen and oxygen atoms in total. The fourth-order valence-corrected chi connectivity index (χ4v) is 4.67. The van der Waals surface area contributed by atoms with E-state index >= 15 is 0 Å². The van der Waals surface area contributed by atoms with Crippen molar-refractivity contribution in [1.29, 1.82) is 0 Å². The van der Waals surface area contributed by atoms with Gasteiger partial charge in [-0.1, -0.05) is 42.5 Å². The van der Waals surface area contributed by atoms with Gasteiger partial charge in [-0.2, -0.15) is 0 Å². The highest BCUT2D eigenvalue weighted by molar-refractivity contribution is 5.88. The third-order valence-corrected chi connectivity index (χ3v) is 6.39. The topological polar surface area (TPSA) is 74.0 Å². The maximum absolute atomic E-state index is 12.8. The van der Waals surface area contributed by atoms with Gasteiger partial charge in [0.15, 0.2) is 0 Å². The Hall–Kier alpha value is -4.06. The number of H-pyrrole nitrogens is 2. The van der Waals surface area contributed by atoms with Gasteiger partial charge < -0.3 is 14.7 Å². The largest absolute Gasteiger partial charge is 0.445 e. The van der Waals surface area contributed by atoms with E-state index in [1.165, 1.54) is 5.39 Å². The summed E-state index contributed by atoms with van der Waals surface area (Å²) >= 11 is 0. The molecule has 164 valence electrons. The molecule has 0 aliphatic carbocycles. The SMILES string of the molecule is O=C(OCc1ccccc1)N1CCC[C@H]1c1nc2ccc(-c3ccc4[nH]ccc4c3)cc2[nH]1. The Morgan fingerprint density at radius 2 is 1.85 bits per heavy atom. The van der Waals surface area contributed by atoms with E-state index in [1.54, 1.807) is 4.90 Å². The lowest BCUT2D eigenvalue weighted by atomic mass is 10.0. The number of aromatic nitrogens is 3. The van der Waals surface area contributed by atoms with Crippen LogP contribution in [0.15, 0.2) is 79.0 Å². The predicted molar refractivity (Wildman–Crippen MR) is 129 cm³/mol. The van der Waals surface area contributed by atoms with Crippen molar-refractivity contribution in [2.75, 3.05) is 6.54 Å². The van der Waals surface area contributed by atoms with Crippen molar-refractivity contribution in [3.63, 3.8) is 0 Å². The van der Waals surface area contributed by atoms with E-state index in [9.17, 15) is 4.79 Å². The molecule has 3 heterocycles. The van der Waals surface area contributed by atoms with Gasteiger partial charge in [0.05, 0.1) is 17.1 Å². The van der Waals surface area contributed by atoms with E-state index in [0.717, 1.165) is 51.9 Å². The third kappa shape index (κ3) is 3.74. The van der Waals surface area contributed by atoms with Crippen molar-refractivity contribution in [3.8, 4) is 11.1 Å². The molecule has 1 saturated heterocycles. The van der Waals surface area contributed by atoms with Gasteiger partial charge in [-0.3, -0.25) is 4.90 Å². The van der Waals surface area contributed by atoms with Crippen molar-refractivity contribution in [3.05, 3.63) is 90.4 Å². The highest BCUT2D eigenvalue weighted by atomic mass is 16.6. The second-order valence-corrected chi connectivity index (χ2v) is 8.53. The summed E-state index contributed by atoms with van der Waals surface area (Å²) in [5.74, 6) is 0.817. The number of ether oxygens (including phenoxy) is 1. The molecule has 5 aromatic rings. The molecule has 0 spiro atoms. The lowest BCUT2D eigenvalue weighted by molar-refractivity contribution is 0.0910. The standard InChI is InChI=1S/C27H24N4O2/c32-27(33-17-18-5-2-1-3-6-18)31-14-4-7-25(31)26-29-23-11-9-20(16-24(23)30-26)19-8-10-22-21(15-19)12-13-28-22/h1-3,5-6,8-13,15-16,25,28H,4,7,14,17H2,(H,29,30)/t25-/m0/s1. The van der Waals surface area contributed by atoms with Crippen LogP contribution in [0.4, 0.5) is 4.79 Å². The number of carbonyl (C=O) groups excluding carboxylic acids is 1. The zero-order valence-corrected chi connectivity index (χ0v) is 18.1. The molecule has 33 heavy (non-hydrogen) atoms. The lowest BCUT2D eigenvalue weighted by Gasteiger charge is -2.22. The summed E-state index contributed by atoms with van der Waals surface area (Å²) in [5.41, 5.74) is 6.28. The molecule has 1 fully saturated rings. The summed E-state index contributed by atoms with van der Waals surface area (Å²) in [6, 6.07) is 24.4. The zero-order valence-electron chi connectivity index (χ0n) is 18.1. The Labute approximate surface area is 191 Å². The van der Waals surface area contributed by atoms with Crippen molar-refractivity contribution in [2.45, 2.75) is 25.5 Å². The number of hydrogen-bond donors (Lipinski definition) is 2. The van der Waals surface area contributed by atoms with Crippen LogP contribution in [0.25, 0.3) is 33.1 Å². The molecule has 0 radical (unpaired) electrons. The third-order valence-electron chi connectivity index (χ3n) is 6.39. The number of imidazole rings is 1. The molecule has 0 unspecified atom stereocenters. The monoisotopic (exact) mass is 436 g/mol. The van der Waals surface area contributed by atoms with E-state index < -0.39 is 0 Å². The number of hydrogen-bond acceptors (Lipinski definition) is 3. The maximum atomic E-state index is 12.8. The fourth-order valence-electron chi connectivity index (χ4n) is 4.67. The van der Waals surface area contributed by atoms with Crippen molar-refractivity contribution in [1.82, 2.24) is 19.9 Å². The molecule has 6 rings (SSSR count).